The lowest BCUT2D eigenvalue weighted by Gasteiger charge is -2.34. The number of methoxy groups -OCH3 is 1. The molecule has 1 aromatic rings. The van der Waals surface area contributed by atoms with Gasteiger partial charge in [-0.15, -0.1) is 0 Å². The van der Waals surface area contributed by atoms with Crippen LogP contribution in [0.2, 0.25) is 0 Å². The molecule has 1 rings (SSSR count). The summed E-state index contributed by atoms with van der Waals surface area (Å²) in [5.74, 6) is 0.143. The van der Waals surface area contributed by atoms with Gasteiger partial charge in [0.15, 0.2) is 0 Å². The first-order chi connectivity index (χ1) is 28.8. The van der Waals surface area contributed by atoms with Gasteiger partial charge in [-0.3, -0.25) is 28.8 Å². The SMILES string of the molecule is COc1ccc(C[C@H](NC(=O)CCCCCNC(=O)CC(C)C)C(=O)N(C)[C@@H](CC(C)C)C(=O)N[C@@H](CC(C)C)[C@@H](O)CC(=O)NCCCCCC(=O)NCCC(C)C)cc1. The molecular weight excluding hydrogens is 777 g/mol. The van der Waals surface area contributed by atoms with Gasteiger partial charge in [-0.25, -0.2) is 0 Å². The predicted molar refractivity (Wildman–Crippen MR) is 242 cm³/mol. The highest BCUT2D eigenvalue weighted by molar-refractivity contribution is 5.92. The zero-order valence-electron chi connectivity index (χ0n) is 39.2. The van der Waals surface area contributed by atoms with Crippen molar-refractivity contribution >= 4 is 35.4 Å². The smallest absolute Gasteiger partial charge is 0.245 e. The van der Waals surface area contributed by atoms with E-state index in [1.54, 1.807) is 26.3 Å². The van der Waals surface area contributed by atoms with Crippen LogP contribution in [0.25, 0.3) is 0 Å². The van der Waals surface area contributed by atoms with Crippen LogP contribution < -0.4 is 31.3 Å². The van der Waals surface area contributed by atoms with Crippen LogP contribution in [0.5, 0.6) is 5.75 Å². The molecule has 0 unspecified atom stereocenters. The number of ether oxygens (including phenoxy) is 1. The molecule has 0 aromatic heterocycles. The van der Waals surface area contributed by atoms with Crippen LogP contribution in [0, 0.1) is 23.7 Å². The third-order valence-electron chi connectivity index (χ3n) is 10.4. The summed E-state index contributed by atoms with van der Waals surface area (Å²) < 4.78 is 5.30. The average Bonchev–Trinajstić information content (AvgIpc) is 3.18. The van der Waals surface area contributed by atoms with Gasteiger partial charge in [0.1, 0.15) is 17.8 Å². The quantitative estimate of drug-likeness (QED) is 0.0516. The van der Waals surface area contributed by atoms with E-state index in [-0.39, 0.29) is 60.6 Å². The lowest BCUT2D eigenvalue weighted by atomic mass is 9.95. The number of aliphatic hydroxyl groups is 1. The minimum absolute atomic E-state index is 0.0187. The molecule has 0 saturated heterocycles. The van der Waals surface area contributed by atoms with Gasteiger partial charge in [0.05, 0.1) is 25.7 Å². The number of amides is 6. The van der Waals surface area contributed by atoms with Crippen LogP contribution >= 0.6 is 0 Å². The van der Waals surface area contributed by atoms with Crippen LogP contribution in [0.3, 0.4) is 0 Å². The molecule has 14 heteroatoms. The van der Waals surface area contributed by atoms with Crippen molar-refractivity contribution < 1.29 is 38.6 Å². The number of nitrogens with zero attached hydrogens (tertiary/aromatic N) is 1. The number of rotatable bonds is 32. The fourth-order valence-electron chi connectivity index (χ4n) is 6.92. The second kappa shape index (κ2) is 30.8. The Morgan fingerprint density at radius 2 is 1.16 bits per heavy atom. The third kappa shape index (κ3) is 25.4. The number of unbranched alkanes of at least 4 members (excludes halogenated alkanes) is 4. The first-order valence-corrected chi connectivity index (χ1v) is 22.8. The fourth-order valence-corrected chi connectivity index (χ4v) is 6.92. The Hall–Kier alpha value is -4.20. The molecule has 0 aliphatic rings. The highest BCUT2D eigenvalue weighted by Gasteiger charge is 2.35. The maximum Gasteiger partial charge on any atom is 0.245 e. The summed E-state index contributed by atoms with van der Waals surface area (Å²) >= 11 is 0. The predicted octanol–water partition coefficient (Wildman–Crippen LogP) is 5.44. The second-order valence-electron chi connectivity index (χ2n) is 18.2. The molecule has 0 heterocycles. The number of carbonyl (C=O) groups excluding carboxylic acids is 6. The van der Waals surface area contributed by atoms with Crippen LogP contribution in [-0.4, -0.2) is 103 Å². The van der Waals surface area contributed by atoms with Gasteiger partial charge < -0.3 is 41.3 Å². The molecule has 1 aromatic carbocycles. The summed E-state index contributed by atoms with van der Waals surface area (Å²) in [4.78, 5) is 80.0. The summed E-state index contributed by atoms with van der Waals surface area (Å²) in [7, 11) is 3.13. The van der Waals surface area contributed by atoms with E-state index < -0.39 is 36.0 Å². The van der Waals surface area contributed by atoms with Crippen molar-refractivity contribution in [3.05, 3.63) is 29.8 Å². The van der Waals surface area contributed by atoms with Crippen molar-refractivity contribution in [2.75, 3.05) is 33.8 Å². The first-order valence-electron chi connectivity index (χ1n) is 22.8. The van der Waals surface area contributed by atoms with Crippen molar-refractivity contribution in [3.63, 3.8) is 0 Å². The fraction of sp³-hybridized carbons (Fsp3) is 0.745. The van der Waals surface area contributed by atoms with Crippen molar-refractivity contribution in [1.29, 1.82) is 0 Å². The number of nitrogens with one attached hydrogen (secondary N) is 5. The molecule has 0 aliphatic heterocycles. The van der Waals surface area contributed by atoms with E-state index >= 15 is 0 Å². The first kappa shape index (κ1) is 54.8. The number of carbonyl (C=O) groups is 6. The van der Waals surface area contributed by atoms with E-state index in [2.05, 4.69) is 40.4 Å². The average molecular weight is 859 g/mol. The lowest BCUT2D eigenvalue weighted by molar-refractivity contribution is -0.143. The second-order valence-corrected chi connectivity index (χ2v) is 18.2. The molecule has 348 valence electrons. The highest BCUT2D eigenvalue weighted by atomic mass is 16.5. The van der Waals surface area contributed by atoms with Gasteiger partial charge in [0.2, 0.25) is 35.4 Å². The van der Waals surface area contributed by atoms with E-state index in [1.807, 2.05) is 53.7 Å². The minimum Gasteiger partial charge on any atom is -0.497 e. The van der Waals surface area contributed by atoms with E-state index in [0.29, 0.717) is 69.8 Å². The van der Waals surface area contributed by atoms with Gasteiger partial charge in [-0.2, -0.15) is 0 Å². The maximum absolute atomic E-state index is 14.3. The number of benzene rings is 1. The molecule has 14 nitrogen and oxygen atoms in total. The zero-order chi connectivity index (χ0) is 45.9. The highest BCUT2D eigenvalue weighted by Crippen LogP contribution is 2.19. The van der Waals surface area contributed by atoms with Gasteiger partial charge in [-0.05, 0) is 86.3 Å². The Morgan fingerprint density at radius 1 is 0.623 bits per heavy atom. The molecule has 61 heavy (non-hydrogen) atoms. The van der Waals surface area contributed by atoms with Crippen molar-refractivity contribution in [2.45, 2.75) is 170 Å². The van der Waals surface area contributed by atoms with Crippen molar-refractivity contribution in [2.24, 2.45) is 23.7 Å². The van der Waals surface area contributed by atoms with Crippen LogP contribution in [-0.2, 0) is 35.2 Å². The largest absolute Gasteiger partial charge is 0.497 e. The normalized spacial score (nSPS) is 13.4. The minimum atomic E-state index is -1.17. The number of hydrogen-bond donors (Lipinski definition) is 6. The van der Waals surface area contributed by atoms with Gasteiger partial charge in [-0.1, -0.05) is 80.4 Å². The Labute approximate surface area is 367 Å². The van der Waals surface area contributed by atoms with Crippen LogP contribution in [0.1, 0.15) is 144 Å². The van der Waals surface area contributed by atoms with Gasteiger partial charge in [0, 0.05) is 52.4 Å². The molecule has 0 radical (unpaired) electrons. The molecule has 4 atom stereocenters. The number of hydrogen-bond acceptors (Lipinski definition) is 8. The standard InChI is InChI=1S/C47H82N6O8/c1-32(2)23-26-50-42(55)17-13-11-15-25-49-45(58)31-41(54)38(27-33(3)4)52-46(59)40(28-34(5)6)53(9)47(60)39(30-36-19-21-37(61-10)22-20-36)51-43(56)18-14-12-16-24-48-44(57)29-35(7)8/h19-22,32-35,38-41,54H,11-18,23-31H2,1-10H3,(H,48,57)(H,49,58)(H,50,55)(H,51,56)(H,52,59)/t38-,39-,40-,41-/m0/s1. The molecule has 0 aliphatic carbocycles. The zero-order valence-corrected chi connectivity index (χ0v) is 39.2. The van der Waals surface area contributed by atoms with Gasteiger partial charge >= 0.3 is 0 Å². The Bertz CT molecular complexity index is 1450. The Morgan fingerprint density at radius 3 is 1.69 bits per heavy atom. The monoisotopic (exact) mass is 859 g/mol. The van der Waals surface area contributed by atoms with E-state index in [0.717, 1.165) is 37.7 Å². The molecule has 6 N–H and O–H groups in total. The summed E-state index contributed by atoms with van der Waals surface area (Å²) in [6.45, 7) is 17.7. The number of aliphatic hydroxyl groups excluding tert-OH is 1. The molecule has 6 amide bonds. The summed E-state index contributed by atoms with van der Waals surface area (Å²) in [5, 5.41) is 25.9. The lowest BCUT2D eigenvalue weighted by Crippen LogP contribution is -2.57. The van der Waals surface area contributed by atoms with Crippen molar-refractivity contribution in [1.82, 2.24) is 31.5 Å². The third-order valence-corrected chi connectivity index (χ3v) is 10.4. The molecular formula is C47H82N6O8. The Kier molecular flexibility index (Phi) is 27.6. The van der Waals surface area contributed by atoms with Crippen LogP contribution in [0.15, 0.2) is 24.3 Å². The molecule has 0 fully saturated rings. The molecule has 0 bridgehead atoms. The topological polar surface area (TPSA) is 195 Å². The van der Waals surface area contributed by atoms with E-state index in [1.165, 1.54) is 4.90 Å². The summed E-state index contributed by atoms with van der Waals surface area (Å²) in [5.41, 5.74) is 0.799. The maximum atomic E-state index is 14.3. The summed E-state index contributed by atoms with van der Waals surface area (Å²) in [6.07, 6.45) is 5.87. The van der Waals surface area contributed by atoms with E-state index in [4.69, 9.17) is 4.74 Å². The van der Waals surface area contributed by atoms with E-state index in [9.17, 15) is 33.9 Å². The van der Waals surface area contributed by atoms with Crippen LogP contribution in [0.4, 0.5) is 0 Å². The summed E-state index contributed by atoms with van der Waals surface area (Å²) in [6, 6.07) is 4.62. The van der Waals surface area contributed by atoms with Gasteiger partial charge in [0.25, 0.3) is 0 Å². The van der Waals surface area contributed by atoms with Crippen molar-refractivity contribution in [3.8, 4) is 5.75 Å². The molecule has 0 spiro atoms. The molecule has 0 saturated carbocycles. The number of likely N-dealkylation sites (N-methyl/N-ethyl adjacent to an activating group) is 1. The Balaban J connectivity index is 2.97.